The maximum Gasteiger partial charge on any atom is 0.246 e. The highest BCUT2D eigenvalue weighted by atomic mass is 32.2. The molecule has 1 aliphatic heterocycles. The van der Waals surface area contributed by atoms with Crippen molar-refractivity contribution in [3.63, 3.8) is 0 Å². The molecular weight excluding hydrogens is 345 g/mol. The van der Waals surface area contributed by atoms with Crippen LogP contribution in [0.15, 0.2) is 24.3 Å². The molecule has 1 fully saturated rings. The molecule has 0 aromatic heterocycles. The van der Waals surface area contributed by atoms with E-state index in [9.17, 15) is 17.6 Å². The van der Waals surface area contributed by atoms with Crippen molar-refractivity contribution in [3.05, 3.63) is 30.1 Å². The zero-order valence-corrected chi connectivity index (χ0v) is 15.8. The van der Waals surface area contributed by atoms with Crippen molar-refractivity contribution in [1.29, 1.82) is 0 Å². The summed E-state index contributed by atoms with van der Waals surface area (Å²) in [4.78, 5) is 16.9. The van der Waals surface area contributed by atoms with Crippen LogP contribution in [0.2, 0.25) is 0 Å². The summed E-state index contributed by atoms with van der Waals surface area (Å²) < 4.78 is 39.9. The molecule has 0 bridgehead atoms. The maximum absolute atomic E-state index is 14.2. The van der Waals surface area contributed by atoms with Crippen molar-refractivity contribution in [1.82, 2.24) is 9.80 Å². The van der Waals surface area contributed by atoms with E-state index in [-0.39, 0.29) is 18.0 Å². The van der Waals surface area contributed by atoms with E-state index >= 15 is 0 Å². The van der Waals surface area contributed by atoms with Crippen LogP contribution in [0.1, 0.15) is 20.3 Å². The second-order valence-electron chi connectivity index (χ2n) is 6.19. The van der Waals surface area contributed by atoms with Gasteiger partial charge >= 0.3 is 0 Å². The van der Waals surface area contributed by atoms with Gasteiger partial charge in [-0.15, -0.1) is 0 Å². The lowest BCUT2D eigenvalue weighted by molar-refractivity contribution is -0.134. The van der Waals surface area contributed by atoms with Crippen molar-refractivity contribution in [3.8, 4) is 0 Å². The first kappa shape index (κ1) is 19.7. The molecule has 1 saturated heterocycles. The number of nitrogens with zero attached hydrogens (tertiary/aromatic N) is 3. The molecule has 0 unspecified atom stereocenters. The quantitative estimate of drug-likeness (QED) is 0.761. The van der Waals surface area contributed by atoms with Crippen molar-refractivity contribution >= 4 is 21.6 Å². The predicted octanol–water partition coefficient (Wildman–Crippen LogP) is 1.53. The van der Waals surface area contributed by atoms with Gasteiger partial charge in [0.15, 0.2) is 0 Å². The number of benzene rings is 1. The molecule has 1 atom stereocenters. The van der Waals surface area contributed by atoms with E-state index in [1.807, 2.05) is 0 Å². The topological polar surface area (TPSA) is 60.9 Å². The molecule has 8 heteroatoms. The van der Waals surface area contributed by atoms with Gasteiger partial charge in [-0.25, -0.2) is 12.8 Å². The van der Waals surface area contributed by atoms with Gasteiger partial charge in [0.05, 0.1) is 11.9 Å². The zero-order valence-electron chi connectivity index (χ0n) is 15.0. The highest BCUT2D eigenvalue weighted by Gasteiger charge is 2.36. The lowest BCUT2D eigenvalue weighted by Crippen LogP contribution is -2.56. The Hall–Kier alpha value is -1.67. The van der Waals surface area contributed by atoms with Crippen LogP contribution >= 0.6 is 0 Å². The molecular formula is C17H26FN3O3S. The van der Waals surface area contributed by atoms with E-state index in [0.29, 0.717) is 13.1 Å². The number of rotatable bonds is 6. The third kappa shape index (κ3) is 4.49. The summed E-state index contributed by atoms with van der Waals surface area (Å²) in [6, 6.07) is 4.70. The van der Waals surface area contributed by atoms with Gasteiger partial charge < -0.3 is 9.80 Å². The van der Waals surface area contributed by atoms with Gasteiger partial charge in [-0.2, -0.15) is 0 Å². The van der Waals surface area contributed by atoms with Crippen LogP contribution in [0, 0.1) is 5.82 Å². The molecule has 0 spiro atoms. The number of hydrogen-bond donors (Lipinski definition) is 0. The summed E-state index contributed by atoms with van der Waals surface area (Å²) in [5, 5.41) is 0. The van der Waals surface area contributed by atoms with E-state index in [0.717, 1.165) is 30.2 Å². The highest BCUT2D eigenvalue weighted by molar-refractivity contribution is 7.92. The van der Waals surface area contributed by atoms with Crippen LogP contribution < -0.4 is 4.31 Å². The van der Waals surface area contributed by atoms with Crippen LogP contribution in [-0.2, 0) is 14.8 Å². The van der Waals surface area contributed by atoms with Crippen LogP contribution in [0.4, 0.5) is 10.1 Å². The number of halogens is 1. The Morgan fingerprint density at radius 2 is 1.80 bits per heavy atom. The molecule has 1 aliphatic rings. The molecule has 0 saturated carbocycles. The number of para-hydroxylation sites is 1. The number of piperazine rings is 1. The Kier molecular flexibility index (Phi) is 6.40. The lowest BCUT2D eigenvalue weighted by Gasteiger charge is -2.38. The number of amides is 1. The van der Waals surface area contributed by atoms with Gasteiger partial charge in [0.2, 0.25) is 15.9 Å². The number of carbonyl (C=O) groups is 1. The normalized spacial score (nSPS) is 17.4. The molecule has 25 heavy (non-hydrogen) atoms. The molecule has 0 aliphatic carbocycles. The molecule has 1 aromatic carbocycles. The summed E-state index contributed by atoms with van der Waals surface area (Å²) >= 11 is 0. The first-order valence-corrected chi connectivity index (χ1v) is 10.4. The average Bonchev–Trinajstić information content (AvgIpc) is 2.59. The van der Waals surface area contributed by atoms with Gasteiger partial charge in [0.1, 0.15) is 11.9 Å². The van der Waals surface area contributed by atoms with E-state index in [1.54, 1.807) is 17.9 Å². The highest BCUT2D eigenvalue weighted by Crippen LogP contribution is 2.26. The minimum atomic E-state index is -3.82. The van der Waals surface area contributed by atoms with Gasteiger partial charge in [0.25, 0.3) is 0 Å². The average molecular weight is 371 g/mol. The molecule has 0 N–H and O–H groups in total. The number of sulfonamides is 1. The first-order chi connectivity index (χ1) is 11.8. The van der Waals surface area contributed by atoms with Crippen molar-refractivity contribution < 1.29 is 17.6 Å². The Morgan fingerprint density at radius 1 is 1.20 bits per heavy atom. The van der Waals surface area contributed by atoms with Gasteiger partial charge in [-0.1, -0.05) is 26.0 Å². The van der Waals surface area contributed by atoms with Crippen molar-refractivity contribution in [2.24, 2.45) is 0 Å². The fraction of sp³-hybridized carbons (Fsp3) is 0.588. The molecule has 140 valence electrons. The van der Waals surface area contributed by atoms with Crippen LogP contribution in [-0.4, -0.2) is 69.1 Å². The van der Waals surface area contributed by atoms with Crippen LogP contribution in [0.3, 0.4) is 0 Å². The number of anilines is 1. The molecule has 0 radical (unpaired) electrons. The van der Waals surface area contributed by atoms with Gasteiger partial charge in [-0.3, -0.25) is 9.10 Å². The van der Waals surface area contributed by atoms with Gasteiger partial charge in [0, 0.05) is 26.2 Å². The van der Waals surface area contributed by atoms with Crippen molar-refractivity contribution in [2.45, 2.75) is 26.3 Å². The Bertz CT molecular complexity index is 703. The molecule has 1 heterocycles. The van der Waals surface area contributed by atoms with E-state index < -0.39 is 21.9 Å². The minimum Gasteiger partial charge on any atom is -0.338 e. The summed E-state index contributed by atoms with van der Waals surface area (Å²) in [5.74, 6) is -0.929. The minimum absolute atomic E-state index is 0.0857. The number of likely N-dealkylation sites (N-methyl/N-ethyl adjacent to an activating group) is 1. The van der Waals surface area contributed by atoms with Crippen molar-refractivity contribution in [2.75, 3.05) is 43.3 Å². The van der Waals surface area contributed by atoms with Crippen LogP contribution in [0.5, 0.6) is 0 Å². The summed E-state index contributed by atoms with van der Waals surface area (Å²) in [6.07, 6.45) is 1.28. The SMILES string of the molecule is CC[C@@H](C(=O)N1CCN(CC)CC1)N(c1ccccc1F)S(C)(=O)=O. The van der Waals surface area contributed by atoms with Crippen LogP contribution in [0.25, 0.3) is 0 Å². The number of carbonyl (C=O) groups excluding carboxylic acids is 1. The fourth-order valence-electron chi connectivity index (χ4n) is 3.14. The molecule has 1 amide bonds. The Labute approximate surface area is 149 Å². The van der Waals surface area contributed by atoms with E-state index in [4.69, 9.17) is 0 Å². The standard InChI is InChI=1S/C17H26FN3O3S/c1-4-15(17(22)20-12-10-19(5-2)11-13-20)21(25(3,23)24)16-9-7-6-8-14(16)18/h6-9,15H,4-5,10-13H2,1-3H3/t15-/m0/s1. The number of hydrogen-bond acceptors (Lipinski definition) is 4. The lowest BCUT2D eigenvalue weighted by atomic mass is 10.1. The second-order valence-corrected chi connectivity index (χ2v) is 8.05. The molecule has 6 nitrogen and oxygen atoms in total. The molecule has 1 aromatic rings. The summed E-state index contributed by atoms with van der Waals surface area (Å²) in [6.45, 7) is 7.36. The predicted molar refractivity (Wildman–Crippen MR) is 96.5 cm³/mol. The summed E-state index contributed by atoms with van der Waals surface area (Å²) in [5.41, 5.74) is -0.0857. The van der Waals surface area contributed by atoms with E-state index in [1.165, 1.54) is 18.2 Å². The third-order valence-corrected chi connectivity index (χ3v) is 5.70. The fourth-order valence-corrected chi connectivity index (χ4v) is 4.35. The Balaban J connectivity index is 2.31. The summed E-state index contributed by atoms with van der Waals surface area (Å²) in [7, 11) is -3.82. The second kappa shape index (κ2) is 8.14. The maximum atomic E-state index is 14.2. The van der Waals surface area contributed by atoms with E-state index in [2.05, 4.69) is 11.8 Å². The smallest absolute Gasteiger partial charge is 0.246 e. The third-order valence-electron chi connectivity index (χ3n) is 4.53. The molecule has 2 rings (SSSR count). The Morgan fingerprint density at radius 3 is 2.28 bits per heavy atom. The largest absolute Gasteiger partial charge is 0.338 e. The van der Waals surface area contributed by atoms with Gasteiger partial charge in [-0.05, 0) is 25.1 Å². The first-order valence-electron chi connectivity index (χ1n) is 8.54. The monoisotopic (exact) mass is 371 g/mol. The zero-order chi connectivity index (χ0) is 18.6.